The third-order valence-corrected chi connectivity index (χ3v) is 8.44. The number of carbonyl (C=O) groups excluding carboxylic acids is 2. The number of phenols is 1. The fraction of sp³-hybridized carbons (Fsp3) is 0.429. The summed E-state index contributed by atoms with van der Waals surface area (Å²) in [6.45, 7) is 0.0351. The van der Waals surface area contributed by atoms with E-state index in [9.17, 15) is 24.3 Å². The number of phenolic OH excluding ortho intramolecular Hbond substituents is 1. The summed E-state index contributed by atoms with van der Waals surface area (Å²) >= 11 is 14.0. The lowest BCUT2D eigenvalue weighted by atomic mass is 9.64. The predicted octanol–water partition coefficient (Wildman–Crippen LogP) is 0.685. The van der Waals surface area contributed by atoms with Gasteiger partial charge in [0.25, 0.3) is 11.8 Å². The summed E-state index contributed by atoms with van der Waals surface area (Å²) in [7, 11) is 4.05. The molecule has 5 rings (SSSR count). The van der Waals surface area contributed by atoms with Crippen molar-refractivity contribution >= 4 is 35.0 Å². The number of aromatic nitrogens is 3. The van der Waals surface area contributed by atoms with Crippen molar-refractivity contribution < 1.29 is 19.4 Å². The van der Waals surface area contributed by atoms with E-state index in [0.717, 1.165) is 9.47 Å². The van der Waals surface area contributed by atoms with E-state index in [1.54, 1.807) is 18.2 Å². The van der Waals surface area contributed by atoms with E-state index in [-0.39, 0.29) is 30.0 Å². The number of rotatable bonds is 2. The third kappa shape index (κ3) is 2.40. The second-order valence-corrected chi connectivity index (χ2v) is 9.72. The number of fused-ring (bicyclic) bond motifs is 4. The molecule has 0 bridgehead atoms. The van der Waals surface area contributed by atoms with Gasteiger partial charge in [-0.2, -0.15) is 0 Å². The minimum atomic E-state index is -2.00. The maximum Gasteiger partial charge on any atom is 0.347 e. The zero-order valence-electron chi connectivity index (χ0n) is 17.9. The number of alkyl halides is 2. The van der Waals surface area contributed by atoms with Gasteiger partial charge in [0.1, 0.15) is 11.5 Å². The summed E-state index contributed by atoms with van der Waals surface area (Å²) in [4.78, 5) is 49.2. The molecule has 2 aliphatic heterocycles. The average Bonchev–Trinajstić information content (AvgIpc) is 3.09. The van der Waals surface area contributed by atoms with Crippen molar-refractivity contribution in [2.24, 2.45) is 7.05 Å². The molecule has 10 nitrogen and oxygen atoms in total. The number of benzene rings is 1. The van der Waals surface area contributed by atoms with E-state index < -0.39 is 44.9 Å². The molecular formula is C21H20Cl2N4O6. The Morgan fingerprint density at radius 1 is 1.09 bits per heavy atom. The quantitative estimate of drug-likeness (QED) is 0.373. The van der Waals surface area contributed by atoms with Crippen molar-refractivity contribution in [3.8, 4) is 11.5 Å². The number of amides is 2. The first-order chi connectivity index (χ1) is 15.5. The van der Waals surface area contributed by atoms with Gasteiger partial charge in [0.2, 0.25) is 0 Å². The largest absolute Gasteiger partial charge is 0.508 e. The first kappa shape index (κ1) is 21.8. The van der Waals surface area contributed by atoms with E-state index in [1.807, 2.05) is 0 Å². The van der Waals surface area contributed by atoms with E-state index >= 15 is 0 Å². The van der Waals surface area contributed by atoms with Gasteiger partial charge >= 0.3 is 11.4 Å². The number of allylic oxidation sites excluding steroid dienone is 2. The molecule has 3 heterocycles. The number of hydrogen-bond acceptors (Lipinski definition) is 6. The Hall–Kier alpha value is -2.98. The lowest BCUT2D eigenvalue weighted by molar-refractivity contribution is -0.137. The second-order valence-electron chi connectivity index (χ2n) is 8.48. The van der Waals surface area contributed by atoms with Gasteiger partial charge in [0.05, 0.1) is 19.7 Å². The van der Waals surface area contributed by atoms with Crippen LogP contribution in [0, 0.1) is 0 Å². The summed E-state index contributed by atoms with van der Waals surface area (Å²) < 4.78 is 8.92. The van der Waals surface area contributed by atoms with Crippen molar-refractivity contribution in [1.82, 2.24) is 18.8 Å². The van der Waals surface area contributed by atoms with Gasteiger partial charge in [0.15, 0.2) is 9.75 Å². The molecule has 3 aliphatic rings. The zero-order valence-corrected chi connectivity index (χ0v) is 19.4. The highest BCUT2D eigenvalue weighted by atomic mass is 35.5. The lowest BCUT2D eigenvalue weighted by Gasteiger charge is -2.49. The first-order valence-electron chi connectivity index (χ1n) is 10.1. The van der Waals surface area contributed by atoms with Crippen molar-refractivity contribution in [3.05, 3.63) is 56.4 Å². The zero-order chi connectivity index (χ0) is 24.0. The molecule has 0 unspecified atom stereocenters. The van der Waals surface area contributed by atoms with Crippen LogP contribution in [0.15, 0.2) is 39.4 Å². The smallest absolute Gasteiger partial charge is 0.347 e. The van der Waals surface area contributed by atoms with Crippen LogP contribution in [0.3, 0.4) is 0 Å². The highest BCUT2D eigenvalue weighted by Crippen LogP contribution is 2.64. The fourth-order valence-corrected chi connectivity index (χ4v) is 6.42. The molecule has 1 saturated heterocycles. The summed E-state index contributed by atoms with van der Waals surface area (Å²) in [5, 5.41) is 10.9. The molecule has 1 aromatic heterocycles. The molecule has 12 heteroatoms. The number of nitrogens with zero attached hydrogens (tertiary/aromatic N) is 4. The van der Waals surface area contributed by atoms with Crippen LogP contribution in [0.25, 0.3) is 0 Å². The number of aromatic hydroxyl groups is 1. The third-order valence-electron chi connectivity index (χ3n) is 7.02. The predicted molar refractivity (Wildman–Crippen MR) is 118 cm³/mol. The van der Waals surface area contributed by atoms with Crippen LogP contribution in [0.2, 0.25) is 0 Å². The highest BCUT2D eigenvalue weighted by Gasteiger charge is 2.75. The molecule has 1 aliphatic carbocycles. The molecule has 2 fully saturated rings. The molecular weight excluding hydrogens is 475 g/mol. The molecule has 2 aromatic rings. The summed E-state index contributed by atoms with van der Waals surface area (Å²) in [6.07, 6.45) is 1.49. The summed E-state index contributed by atoms with van der Waals surface area (Å²) in [5.41, 5.74) is -0.451. The van der Waals surface area contributed by atoms with E-state index in [0.29, 0.717) is 5.57 Å². The van der Waals surface area contributed by atoms with Gasteiger partial charge in [-0.05, 0) is 17.7 Å². The van der Waals surface area contributed by atoms with Crippen molar-refractivity contribution in [2.75, 3.05) is 14.2 Å². The van der Waals surface area contributed by atoms with Crippen LogP contribution in [0.1, 0.15) is 23.9 Å². The van der Waals surface area contributed by atoms with E-state index in [4.69, 9.17) is 27.9 Å². The van der Waals surface area contributed by atoms with Gasteiger partial charge < -0.3 is 9.84 Å². The van der Waals surface area contributed by atoms with Gasteiger partial charge in [-0.15, -0.1) is 23.2 Å². The Kier molecular flexibility index (Phi) is 4.48. The maximum atomic E-state index is 13.4. The van der Waals surface area contributed by atoms with Crippen molar-refractivity contribution in [1.29, 1.82) is 0 Å². The van der Waals surface area contributed by atoms with Crippen LogP contribution in [-0.2, 0) is 23.2 Å². The van der Waals surface area contributed by atoms with Gasteiger partial charge in [0, 0.05) is 32.0 Å². The number of carbonyl (C=O) groups is 2. The van der Waals surface area contributed by atoms with E-state index in [2.05, 4.69) is 0 Å². The van der Waals surface area contributed by atoms with E-state index in [1.165, 1.54) is 36.6 Å². The topological polar surface area (TPSA) is 116 Å². The minimum absolute atomic E-state index is 0.0351. The van der Waals surface area contributed by atoms with Crippen LogP contribution in [0.5, 0.6) is 11.5 Å². The SMILES string of the molecule is COc1cccc(O)c1[C@H]1C2=CCn3c(=O)n(C)c(=O)n3[C@@H]2C[C@@]2(Cl)C(=O)N(C)C(=O)[C@@]12Cl. The molecule has 1 saturated carbocycles. The van der Waals surface area contributed by atoms with Gasteiger partial charge in [-0.1, -0.05) is 12.1 Å². The Morgan fingerprint density at radius 2 is 1.79 bits per heavy atom. The summed E-state index contributed by atoms with van der Waals surface area (Å²) in [5.74, 6) is -2.53. The number of hydrogen-bond donors (Lipinski definition) is 1. The summed E-state index contributed by atoms with van der Waals surface area (Å²) in [6, 6.07) is 3.71. The standard InChI is InChI=1S/C21H20Cl2N4O6/c1-24-16(29)20(22)9-11-10(7-8-26-18(31)25(2)19(32)27(11)26)15(21(20,23)17(24)30)14-12(28)5-4-6-13(14)33-3/h4-7,11,15,28H,8-9H2,1-3H3/t11-,15-,20-,21+/m1/s1. The molecule has 174 valence electrons. The highest BCUT2D eigenvalue weighted by molar-refractivity contribution is 6.53. The monoisotopic (exact) mass is 494 g/mol. The lowest BCUT2D eigenvalue weighted by Crippen LogP contribution is -2.59. The molecule has 0 spiro atoms. The molecule has 4 atom stereocenters. The van der Waals surface area contributed by atoms with Crippen LogP contribution < -0.4 is 16.1 Å². The molecule has 33 heavy (non-hydrogen) atoms. The van der Waals surface area contributed by atoms with Crippen molar-refractivity contribution in [2.45, 2.75) is 34.7 Å². The Labute approximate surface area is 197 Å². The number of methoxy groups -OCH3 is 1. The number of imide groups is 1. The van der Waals surface area contributed by atoms with Gasteiger partial charge in [-0.25, -0.2) is 23.5 Å². The number of likely N-dealkylation sites (tertiary alicyclic amines) is 1. The molecule has 0 radical (unpaired) electrons. The van der Waals surface area contributed by atoms with Gasteiger partial charge in [-0.3, -0.25) is 14.5 Å². The Morgan fingerprint density at radius 3 is 2.45 bits per heavy atom. The number of halogens is 2. The normalized spacial score (nSPS) is 30.6. The fourth-order valence-electron chi connectivity index (χ4n) is 5.43. The molecule has 1 N–H and O–H groups in total. The minimum Gasteiger partial charge on any atom is -0.508 e. The Bertz CT molecular complexity index is 1390. The first-order valence-corrected chi connectivity index (χ1v) is 10.9. The maximum absolute atomic E-state index is 13.4. The van der Waals surface area contributed by atoms with Crippen LogP contribution in [0.4, 0.5) is 0 Å². The van der Waals surface area contributed by atoms with Crippen molar-refractivity contribution in [3.63, 3.8) is 0 Å². The van der Waals surface area contributed by atoms with Crippen LogP contribution in [-0.4, -0.2) is 59.7 Å². The van der Waals surface area contributed by atoms with Crippen LogP contribution >= 0.6 is 23.2 Å². The number of ether oxygens (including phenoxy) is 1. The molecule has 2 amide bonds. The average molecular weight is 495 g/mol. The molecule has 1 aromatic carbocycles. The Balaban J connectivity index is 1.87. The second kappa shape index (κ2) is 6.77.